The molecule has 4 nitrogen and oxygen atoms in total. The molecule has 0 aromatic rings. The van der Waals surface area contributed by atoms with Crippen LogP contribution in [0.2, 0.25) is 0 Å². The highest BCUT2D eigenvalue weighted by molar-refractivity contribution is 5.68. The van der Waals surface area contributed by atoms with Crippen LogP contribution in [0.25, 0.3) is 0 Å². The molecule has 0 aliphatic rings. The smallest absolute Gasteiger partial charge is 0.305 e. The van der Waals surface area contributed by atoms with Gasteiger partial charge in [-0.3, -0.25) is 4.79 Å². The Morgan fingerprint density at radius 2 is 1.57 bits per heavy atom. The number of carbonyl (C=O) groups is 1. The second-order valence-electron chi connectivity index (χ2n) is 5.38. The molecule has 21 heavy (non-hydrogen) atoms. The minimum Gasteiger partial charge on any atom is -1.00 e. The molecular weight excluding hydrogens is 290 g/mol. The number of carbonyl (C=O) groups excluding carboxylic acids is 1. The fraction of sp³-hybridized carbons (Fsp3) is 0.938. The zero-order valence-corrected chi connectivity index (χ0v) is 14.7. The van der Waals surface area contributed by atoms with Crippen LogP contribution in [0.3, 0.4) is 0 Å². The van der Waals surface area contributed by atoms with Crippen LogP contribution in [0.1, 0.15) is 65.2 Å². The Labute approximate surface area is 136 Å². The third kappa shape index (κ3) is 14.4. The summed E-state index contributed by atoms with van der Waals surface area (Å²) in [6.07, 6.45) is 7.91. The van der Waals surface area contributed by atoms with E-state index in [4.69, 9.17) is 0 Å². The molecule has 0 fully saturated rings. The highest BCUT2D eigenvalue weighted by atomic mass is 35.5. The van der Waals surface area contributed by atoms with Gasteiger partial charge in [-0.1, -0.05) is 46.0 Å². The molecule has 0 aromatic carbocycles. The van der Waals surface area contributed by atoms with E-state index < -0.39 is 0 Å². The fourth-order valence-corrected chi connectivity index (χ4v) is 2.33. The van der Waals surface area contributed by atoms with Crippen molar-refractivity contribution in [3.63, 3.8) is 0 Å². The number of likely N-dealkylation sites (N-methyl/N-ethyl adjacent to an activating group) is 1. The van der Waals surface area contributed by atoms with Gasteiger partial charge in [0.2, 0.25) is 0 Å². The van der Waals surface area contributed by atoms with Crippen LogP contribution in [0.4, 0.5) is 0 Å². The van der Waals surface area contributed by atoms with Crippen molar-refractivity contribution in [2.45, 2.75) is 71.3 Å². The largest absolute Gasteiger partial charge is 1.00 e. The van der Waals surface area contributed by atoms with Crippen molar-refractivity contribution in [1.29, 1.82) is 0 Å². The molecule has 1 unspecified atom stereocenters. The molecule has 0 aliphatic carbocycles. The second kappa shape index (κ2) is 16.1. The Bertz CT molecular complexity index is 236. The summed E-state index contributed by atoms with van der Waals surface area (Å²) < 4.78 is 4.60. The highest BCUT2D eigenvalue weighted by Gasteiger charge is 2.08. The number of halogens is 1. The predicted molar refractivity (Wildman–Crippen MR) is 82.7 cm³/mol. The van der Waals surface area contributed by atoms with E-state index >= 15 is 0 Å². The summed E-state index contributed by atoms with van der Waals surface area (Å²) in [4.78, 5) is 13.2. The average molecular weight is 323 g/mol. The summed E-state index contributed by atoms with van der Waals surface area (Å²) in [5.41, 5.74) is 0. The minimum atomic E-state index is -0.186. The van der Waals surface area contributed by atoms with Gasteiger partial charge in [0.25, 0.3) is 0 Å². The first-order valence-electron chi connectivity index (χ1n) is 8.11. The quantitative estimate of drug-likeness (QED) is 0.383. The summed E-state index contributed by atoms with van der Waals surface area (Å²) in [6.45, 7) is 7.07. The van der Waals surface area contributed by atoms with E-state index in [-0.39, 0.29) is 24.5 Å². The first kappa shape index (κ1) is 23.0. The molecule has 0 aromatic heterocycles. The maximum absolute atomic E-state index is 10.9. The molecule has 0 rings (SSSR count). The van der Waals surface area contributed by atoms with Crippen LogP contribution < -0.4 is 12.4 Å². The molecule has 0 heterocycles. The number of unbranched alkanes of at least 4 members (excludes halogenated alkanes) is 5. The number of rotatable bonds is 13. The number of esters is 1. The van der Waals surface area contributed by atoms with Crippen molar-refractivity contribution in [2.24, 2.45) is 0 Å². The van der Waals surface area contributed by atoms with Gasteiger partial charge in [0, 0.05) is 13.0 Å². The number of ether oxygens (including phenoxy) is 1. The van der Waals surface area contributed by atoms with E-state index in [0.29, 0.717) is 6.42 Å². The van der Waals surface area contributed by atoms with Crippen LogP contribution >= 0.6 is 0 Å². The molecule has 128 valence electrons. The summed E-state index contributed by atoms with van der Waals surface area (Å²) >= 11 is 0. The average Bonchev–Trinajstić information content (AvgIpc) is 2.46. The van der Waals surface area contributed by atoms with Gasteiger partial charge in [-0.2, -0.15) is 0 Å². The maximum Gasteiger partial charge on any atom is 0.305 e. The third-order valence-corrected chi connectivity index (χ3v) is 3.76. The number of nitrogens with zero attached hydrogens (tertiary/aromatic N) is 1. The Morgan fingerprint density at radius 1 is 1.05 bits per heavy atom. The Kier molecular flexibility index (Phi) is 17.6. The monoisotopic (exact) mass is 322 g/mol. The molecule has 0 spiro atoms. The van der Waals surface area contributed by atoms with Gasteiger partial charge in [0.15, 0.2) is 0 Å². The van der Waals surface area contributed by atoms with Crippen LogP contribution in [-0.2, 0) is 9.53 Å². The number of hydrogen-bond donors (Lipinski definition) is 1. The number of aliphatic hydroxyl groups is 1. The summed E-state index contributed by atoms with van der Waals surface area (Å²) in [5, 5.41) is 9.92. The lowest BCUT2D eigenvalue weighted by Crippen LogP contribution is -3.00. The van der Waals surface area contributed by atoms with Gasteiger partial charge in [-0.05, 0) is 25.9 Å². The topological polar surface area (TPSA) is 49.8 Å². The summed E-state index contributed by atoms with van der Waals surface area (Å²) in [6, 6.07) is 0. The molecular formula is C16H33ClNO3-. The first-order chi connectivity index (χ1) is 9.63. The number of aliphatic hydroxyl groups excluding tert-OH is 1. The summed E-state index contributed by atoms with van der Waals surface area (Å²) in [5.74, 6) is -0.107. The Balaban J connectivity index is 0. The second-order valence-corrected chi connectivity index (χ2v) is 5.38. The van der Waals surface area contributed by atoms with Crippen LogP contribution in [-0.4, -0.2) is 48.8 Å². The SMILES string of the molecule is CCN(CC)CC(O)CCCCCCCCC(=O)OC.[Cl-]. The molecule has 0 saturated heterocycles. The number of methoxy groups -OCH3 is 1. The van der Waals surface area contributed by atoms with Gasteiger partial charge < -0.3 is 27.2 Å². The lowest BCUT2D eigenvalue weighted by molar-refractivity contribution is -0.140. The highest BCUT2D eigenvalue weighted by Crippen LogP contribution is 2.10. The van der Waals surface area contributed by atoms with Crippen LogP contribution in [0, 0.1) is 0 Å². The van der Waals surface area contributed by atoms with E-state index in [0.717, 1.165) is 45.3 Å². The van der Waals surface area contributed by atoms with Crippen LogP contribution in [0.15, 0.2) is 0 Å². The Hall–Kier alpha value is -0.320. The van der Waals surface area contributed by atoms with E-state index in [1.54, 1.807) is 0 Å². The molecule has 5 heteroatoms. The van der Waals surface area contributed by atoms with E-state index in [1.165, 1.54) is 26.4 Å². The third-order valence-electron chi connectivity index (χ3n) is 3.76. The normalized spacial score (nSPS) is 12.0. The molecule has 0 amide bonds. The van der Waals surface area contributed by atoms with Crippen LogP contribution in [0.5, 0.6) is 0 Å². The zero-order valence-electron chi connectivity index (χ0n) is 13.9. The van der Waals surface area contributed by atoms with E-state index in [9.17, 15) is 9.90 Å². The molecule has 1 atom stereocenters. The zero-order chi connectivity index (χ0) is 15.2. The molecule has 0 saturated carbocycles. The molecule has 0 aliphatic heterocycles. The number of hydrogen-bond acceptors (Lipinski definition) is 4. The first-order valence-corrected chi connectivity index (χ1v) is 8.11. The fourth-order valence-electron chi connectivity index (χ4n) is 2.33. The van der Waals surface area contributed by atoms with Crippen molar-refractivity contribution in [3.8, 4) is 0 Å². The van der Waals surface area contributed by atoms with Gasteiger partial charge in [-0.25, -0.2) is 0 Å². The van der Waals surface area contributed by atoms with Crippen molar-refractivity contribution < 1.29 is 27.0 Å². The van der Waals surface area contributed by atoms with Crippen molar-refractivity contribution in [3.05, 3.63) is 0 Å². The lowest BCUT2D eigenvalue weighted by atomic mass is 10.1. The molecule has 0 bridgehead atoms. The standard InChI is InChI=1S/C16H33NO3.ClH/c1-4-17(5-2)14-15(18)12-10-8-6-7-9-11-13-16(19)20-3;/h15,18H,4-14H2,1-3H3;1H/p-1. The minimum absolute atomic E-state index is 0. The molecule has 1 N–H and O–H groups in total. The van der Waals surface area contributed by atoms with Crippen molar-refractivity contribution in [2.75, 3.05) is 26.7 Å². The van der Waals surface area contributed by atoms with Gasteiger partial charge >= 0.3 is 5.97 Å². The van der Waals surface area contributed by atoms with Crippen molar-refractivity contribution in [1.82, 2.24) is 4.90 Å². The van der Waals surface area contributed by atoms with Gasteiger partial charge in [0.05, 0.1) is 13.2 Å². The van der Waals surface area contributed by atoms with E-state index in [2.05, 4.69) is 23.5 Å². The maximum atomic E-state index is 10.9. The van der Waals surface area contributed by atoms with Gasteiger partial charge in [0.1, 0.15) is 0 Å². The lowest BCUT2D eigenvalue weighted by Gasteiger charge is -2.21. The van der Waals surface area contributed by atoms with Crippen molar-refractivity contribution >= 4 is 5.97 Å². The molecule has 0 radical (unpaired) electrons. The summed E-state index contributed by atoms with van der Waals surface area (Å²) in [7, 11) is 1.44. The van der Waals surface area contributed by atoms with Gasteiger partial charge in [-0.15, -0.1) is 0 Å². The van der Waals surface area contributed by atoms with E-state index in [1.807, 2.05) is 0 Å². The predicted octanol–water partition coefficient (Wildman–Crippen LogP) is -0.0131. The Morgan fingerprint density at radius 3 is 2.10 bits per heavy atom.